The van der Waals surface area contributed by atoms with Gasteiger partial charge in [0.1, 0.15) is 0 Å². The minimum atomic E-state index is -3.69. The Morgan fingerprint density at radius 2 is 2.04 bits per heavy atom. The van der Waals surface area contributed by atoms with Crippen molar-refractivity contribution in [1.29, 1.82) is 0 Å². The summed E-state index contributed by atoms with van der Waals surface area (Å²) in [5.41, 5.74) is 5.77. The van der Waals surface area contributed by atoms with Crippen LogP contribution in [0.4, 0.5) is 5.69 Å². The number of nitrogens with two attached hydrogens (primary N) is 1. The quantitative estimate of drug-likeness (QED) is 0.637. The number of hydrogen-bond donors (Lipinski definition) is 3. The molecule has 0 bridgehead atoms. The van der Waals surface area contributed by atoms with Crippen LogP contribution in [-0.2, 0) is 10.0 Å². The highest BCUT2D eigenvalue weighted by Gasteiger charge is 2.17. The lowest BCUT2D eigenvalue weighted by Gasteiger charge is -2.13. The van der Waals surface area contributed by atoms with Crippen molar-refractivity contribution in [3.63, 3.8) is 0 Å². The third-order valence-corrected chi connectivity index (χ3v) is 4.65. The Morgan fingerprint density at radius 3 is 2.73 bits per heavy atom. The van der Waals surface area contributed by atoms with Crippen LogP contribution >= 0.6 is 0 Å². The predicted molar refractivity (Wildman–Crippen MR) is 98.6 cm³/mol. The van der Waals surface area contributed by atoms with Crippen LogP contribution in [0.15, 0.2) is 47.5 Å². The van der Waals surface area contributed by atoms with E-state index in [4.69, 9.17) is 10.5 Å². The van der Waals surface area contributed by atoms with Crippen LogP contribution in [0.5, 0.6) is 5.75 Å². The minimum absolute atomic E-state index is 0.0309. The summed E-state index contributed by atoms with van der Waals surface area (Å²) in [6, 6.07) is 9.25. The third kappa shape index (κ3) is 5.25. The number of carbonyl (C=O) groups excluding carboxylic acids is 1. The van der Waals surface area contributed by atoms with Crippen molar-refractivity contribution in [2.45, 2.75) is 24.8 Å². The number of ether oxygens (including phenoxy) is 1. The van der Waals surface area contributed by atoms with E-state index >= 15 is 0 Å². The fraction of sp³-hybridized carbons (Fsp3) is 0.294. The van der Waals surface area contributed by atoms with Gasteiger partial charge in [0.05, 0.1) is 11.0 Å². The van der Waals surface area contributed by atoms with Crippen molar-refractivity contribution in [2.75, 3.05) is 18.4 Å². The summed E-state index contributed by atoms with van der Waals surface area (Å²) in [6.07, 6.45) is 1.37. The molecule has 2 rings (SSSR count). The molecule has 4 N–H and O–H groups in total. The Balaban J connectivity index is 2.22. The first-order chi connectivity index (χ1) is 12.3. The van der Waals surface area contributed by atoms with Gasteiger partial charge >= 0.3 is 0 Å². The molecule has 140 valence electrons. The highest BCUT2D eigenvalue weighted by atomic mass is 32.2. The van der Waals surface area contributed by atoms with Crippen molar-refractivity contribution >= 4 is 21.6 Å². The SMILES string of the molecule is CC(C)Oc1cccnc1C(=O)Nc1cccc(S(=O)(=O)NCCN)c1. The Kier molecular flexibility index (Phi) is 6.67. The van der Waals surface area contributed by atoms with Gasteiger partial charge in [0.25, 0.3) is 5.91 Å². The number of nitrogens with one attached hydrogen (secondary N) is 2. The van der Waals surface area contributed by atoms with Gasteiger partial charge in [0.15, 0.2) is 11.4 Å². The molecule has 0 atom stereocenters. The maximum Gasteiger partial charge on any atom is 0.278 e. The zero-order valence-electron chi connectivity index (χ0n) is 14.6. The molecule has 9 heteroatoms. The molecule has 1 aromatic heterocycles. The molecule has 0 aliphatic carbocycles. The highest BCUT2D eigenvalue weighted by Crippen LogP contribution is 2.20. The van der Waals surface area contributed by atoms with E-state index in [0.29, 0.717) is 11.4 Å². The summed E-state index contributed by atoms with van der Waals surface area (Å²) in [4.78, 5) is 16.6. The second-order valence-electron chi connectivity index (χ2n) is 5.69. The lowest BCUT2D eigenvalue weighted by atomic mass is 10.2. The second kappa shape index (κ2) is 8.75. The Hall–Kier alpha value is -2.49. The summed E-state index contributed by atoms with van der Waals surface area (Å²) >= 11 is 0. The topological polar surface area (TPSA) is 123 Å². The van der Waals surface area contributed by atoms with Crippen molar-refractivity contribution in [2.24, 2.45) is 5.73 Å². The molecular formula is C17H22N4O4S. The summed E-state index contributed by atoms with van der Waals surface area (Å²) in [6.45, 7) is 4.01. The normalized spacial score (nSPS) is 11.4. The fourth-order valence-corrected chi connectivity index (χ4v) is 3.21. The number of carbonyl (C=O) groups is 1. The first-order valence-electron chi connectivity index (χ1n) is 8.06. The molecule has 0 aliphatic heterocycles. The maximum atomic E-state index is 12.5. The summed E-state index contributed by atoms with van der Waals surface area (Å²) in [5, 5.41) is 2.64. The van der Waals surface area contributed by atoms with E-state index in [1.165, 1.54) is 24.4 Å². The van der Waals surface area contributed by atoms with Gasteiger partial charge in [-0.25, -0.2) is 18.1 Å². The van der Waals surface area contributed by atoms with Crippen LogP contribution < -0.4 is 20.5 Å². The zero-order valence-corrected chi connectivity index (χ0v) is 15.4. The third-order valence-electron chi connectivity index (χ3n) is 3.19. The van der Waals surface area contributed by atoms with Crippen molar-refractivity contribution < 1.29 is 17.9 Å². The molecule has 26 heavy (non-hydrogen) atoms. The van der Waals surface area contributed by atoms with Crippen molar-refractivity contribution in [3.05, 3.63) is 48.3 Å². The van der Waals surface area contributed by atoms with Crippen molar-refractivity contribution in [1.82, 2.24) is 9.71 Å². The molecule has 0 saturated heterocycles. The fourth-order valence-electron chi connectivity index (χ4n) is 2.12. The van der Waals surface area contributed by atoms with Crippen LogP contribution in [0.3, 0.4) is 0 Å². The second-order valence-corrected chi connectivity index (χ2v) is 7.45. The number of benzene rings is 1. The number of hydrogen-bond acceptors (Lipinski definition) is 6. The lowest BCUT2D eigenvalue weighted by molar-refractivity contribution is 0.101. The average Bonchev–Trinajstić information content (AvgIpc) is 2.60. The Bertz CT molecular complexity index is 869. The van der Waals surface area contributed by atoms with Gasteiger partial charge in [-0.3, -0.25) is 4.79 Å². The largest absolute Gasteiger partial charge is 0.489 e. The first kappa shape index (κ1) is 19.8. The van der Waals surface area contributed by atoms with Crippen LogP contribution in [0.25, 0.3) is 0 Å². The maximum absolute atomic E-state index is 12.5. The molecule has 0 saturated carbocycles. The van der Waals surface area contributed by atoms with E-state index < -0.39 is 15.9 Å². The smallest absolute Gasteiger partial charge is 0.278 e. The van der Waals surface area contributed by atoms with Crippen molar-refractivity contribution in [3.8, 4) is 5.75 Å². The van der Waals surface area contributed by atoms with E-state index in [1.54, 1.807) is 18.2 Å². The minimum Gasteiger partial charge on any atom is -0.489 e. The molecule has 1 amide bonds. The van der Waals surface area contributed by atoms with E-state index in [2.05, 4.69) is 15.0 Å². The van der Waals surface area contributed by atoms with Crippen LogP contribution in [0.2, 0.25) is 0 Å². The van der Waals surface area contributed by atoms with E-state index in [9.17, 15) is 13.2 Å². The summed E-state index contributed by atoms with van der Waals surface area (Å²) < 4.78 is 32.3. The monoisotopic (exact) mass is 378 g/mol. The summed E-state index contributed by atoms with van der Waals surface area (Å²) in [5.74, 6) is -0.140. The van der Waals surface area contributed by atoms with Crippen LogP contribution in [-0.4, -0.2) is 38.5 Å². The van der Waals surface area contributed by atoms with Crippen LogP contribution in [0, 0.1) is 0 Å². The van der Waals surface area contributed by atoms with E-state index in [0.717, 1.165) is 0 Å². The number of nitrogens with zero attached hydrogens (tertiary/aromatic N) is 1. The van der Waals surface area contributed by atoms with Gasteiger partial charge in [0, 0.05) is 25.0 Å². The molecular weight excluding hydrogens is 356 g/mol. The van der Waals surface area contributed by atoms with E-state index in [1.807, 2.05) is 13.8 Å². The van der Waals surface area contributed by atoms with Gasteiger partial charge in [0.2, 0.25) is 10.0 Å². The van der Waals surface area contributed by atoms with Gasteiger partial charge in [-0.1, -0.05) is 6.07 Å². The predicted octanol–water partition coefficient (Wildman–Crippen LogP) is 1.36. The Labute approximate surface area is 152 Å². The number of rotatable bonds is 8. The van der Waals surface area contributed by atoms with Gasteiger partial charge < -0.3 is 15.8 Å². The molecule has 0 unspecified atom stereocenters. The average molecular weight is 378 g/mol. The number of aromatic nitrogens is 1. The van der Waals surface area contributed by atoms with Crippen LogP contribution in [0.1, 0.15) is 24.3 Å². The highest BCUT2D eigenvalue weighted by molar-refractivity contribution is 7.89. The molecule has 1 aromatic carbocycles. The number of anilines is 1. The summed E-state index contributed by atoms with van der Waals surface area (Å²) in [7, 11) is -3.69. The molecule has 0 radical (unpaired) electrons. The molecule has 1 heterocycles. The number of sulfonamides is 1. The zero-order chi connectivity index (χ0) is 19.2. The number of pyridine rings is 1. The molecule has 2 aromatic rings. The van der Waals surface area contributed by atoms with Gasteiger partial charge in [-0.2, -0.15) is 0 Å². The standard InChI is InChI=1S/C17H22N4O4S/c1-12(2)25-15-7-4-9-19-16(15)17(22)21-13-5-3-6-14(11-13)26(23,24)20-10-8-18/h3-7,9,11-12,20H,8,10,18H2,1-2H3,(H,21,22). The molecule has 0 fully saturated rings. The lowest BCUT2D eigenvalue weighted by Crippen LogP contribution is -2.29. The molecule has 0 spiro atoms. The molecule has 0 aliphatic rings. The number of amides is 1. The van der Waals surface area contributed by atoms with E-state index in [-0.39, 0.29) is 29.8 Å². The molecule has 8 nitrogen and oxygen atoms in total. The Morgan fingerprint density at radius 1 is 1.27 bits per heavy atom. The van der Waals surface area contributed by atoms with Gasteiger partial charge in [-0.15, -0.1) is 0 Å². The van der Waals surface area contributed by atoms with Gasteiger partial charge in [-0.05, 0) is 44.2 Å². The first-order valence-corrected chi connectivity index (χ1v) is 9.54.